The molecule has 0 N–H and O–H groups in total. The highest BCUT2D eigenvalue weighted by Gasteiger charge is 2.25. The summed E-state index contributed by atoms with van der Waals surface area (Å²) in [7, 11) is 0. The van der Waals surface area contributed by atoms with Crippen LogP contribution in [0.2, 0.25) is 0 Å². The Hall–Kier alpha value is -2.72. The second-order valence-electron chi connectivity index (χ2n) is 7.50. The van der Waals surface area contributed by atoms with Crippen LogP contribution >= 0.6 is 11.8 Å². The number of unbranched alkanes of at least 4 members (excludes halogenated alkanes) is 4. The highest BCUT2D eigenvalue weighted by molar-refractivity contribution is 8.08. The van der Waals surface area contributed by atoms with Gasteiger partial charge in [0.05, 0.1) is 16.3 Å². The van der Waals surface area contributed by atoms with Gasteiger partial charge in [-0.25, -0.2) is 0 Å². The number of thioether (sulfide) groups is 1. The maximum absolute atomic E-state index is 12.8. The molecule has 0 saturated heterocycles. The summed E-state index contributed by atoms with van der Waals surface area (Å²) >= 11 is 1.66. The molecule has 0 spiro atoms. The van der Waals surface area contributed by atoms with Gasteiger partial charge in [-0.3, -0.25) is 4.79 Å². The van der Waals surface area contributed by atoms with Crippen molar-refractivity contribution in [3.05, 3.63) is 84.2 Å². The van der Waals surface area contributed by atoms with E-state index in [9.17, 15) is 4.79 Å². The summed E-state index contributed by atoms with van der Waals surface area (Å²) in [6.45, 7) is 2.20. The number of fused-ring (bicyclic) bond motifs is 3. The Morgan fingerprint density at radius 2 is 1.67 bits per heavy atom. The van der Waals surface area contributed by atoms with Crippen LogP contribution in [0.1, 0.15) is 56.7 Å². The number of aromatic nitrogens is 1. The molecular formula is C26H27NO2S. The van der Waals surface area contributed by atoms with Gasteiger partial charge in [0.1, 0.15) is 0 Å². The minimum atomic E-state index is -0.158. The van der Waals surface area contributed by atoms with Gasteiger partial charge in [0.25, 0.3) is 0 Å². The van der Waals surface area contributed by atoms with Gasteiger partial charge in [0.2, 0.25) is 0 Å². The van der Waals surface area contributed by atoms with Crippen molar-refractivity contribution >= 4 is 28.4 Å². The largest absolute Gasteiger partial charge is 0.423 e. The number of carbonyl (C=O) groups excluding carboxylic acids is 1. The molecule has 1 aliphatic heterocycles. The first-order valence-electron chi connectivity index (χ1n) is 10.7. The normalized spacial score (nSPS) is 12.8. The van der Waals surface area contributed by atoms with E-state index >= 15 is 0 Å². The molecule has 0 saturated carbocycles. The van der Waals surface area contributed by atoms with Crippen LogP contribution in [-0.4, -0.2) is 10.5 Å². The highest BCUT2D eigenvalue weighted by Crippen LogP contribution is 2.46. The van der Waals surface area contributed by atoms with Crippen molar-refractivity contribution < 1.29 is 9.53 Å². The fraction of sp³-hybridized carbons (Fsp3) is 0.269. The number of rotatable bonds is 8. The molecule has 4 rings (SSSR count). The summed E-state index contributed by atoms with van der Waals surface area (Å²) in [5.41, 5.74) is 3.06. The fourth-order valence-electron chi connectivity index (χ4n) is 3.71. The standard InChI is InChI=1S/C26H27NO2S/c1-2-3-4-5-9-18-24(28)29-25-22-16-12-19-27(22)21-15-10-11-17-23(21)30-26(25)20-13-7-6-8-14-20/h6-8,10-17,19H,2-5,9,18H2,1H3. The van der Waals surface area contributed by atoms with E-state index in [4.69, 9.17) is 4.74 Å². The Balaban J connectivity index is 1.69. The van der Waals surface area contributed by atoms with Crippen LogP contribution in [0.3, 0.4) is 0 Å². The number of esters is 1. The van der Waals surface area contributed by atoms with E-state index < -0.39 is 0 Å². The molecule has 4 heteroatoms. The zero-order valence-electron chi connectivity index (χ0n) is 17.3. The third kappa shape index (κ3) is 4.54. The predicted octanol–water partition coefficient (Wildman–Crippen LogP) is 7.31. The zero-order valence-corrected chi connectivity index (χ0v) is 18.2. The van der Waals surface area contributed by atoms with E-state index in [-0.39, 0.29) is 5.97 Å². The van der Waals surface area contributed by atoms with Crippen molar-refractivity contribution in [2.45, 2.75) is 50.3 Å². The van der Waals surface area contributed by atoms with Gasteiger partial charge in [-0.05, 0) is 36.2 Å². The first-order chi connectivity index (χ1) is 14.8. The summed E-state index contributed by atoms with van der Waals surface area (Å²) in [5.74, 6) is 0.486. The number of benzene rings is 2. The van der Waals surface area contributed by atoms with Crippen molar-refractivity contribution in [2.24, 2.45) is 0 Å². The third-order valence-electron chi connectivity index (χ3n) is 5.26. The van der Waals surface area contributed by atoms with Gasteiger partial charge in [-0.1, -0.05) is 86.8 Å². The molecular weight excluding hydrogens is 390 g/mol. The molecule has 0 atom stereocenters. The minimum absolute atomic E-state index is 0.158. The van der Waals surface area contributed by atoms with E-state index in [0.717, 1.165) is 39.6 Å². The van der Waals surface area contributed by atoms with Crippen molar-refractivity contribution in [3.8, 4) is 5.69 Å². The lowest BCUT2D eigenvalue weighted by atomic mass is 10.1. The maximum Gasteiger partial charge on any atom is 0.311 e. The van der Waals surface area contributed by atoms with Crippen molar-refractivity contribution in [3.63, 3.8) is 0 Å². The van der Waals surface area contributed by atoms with Gasteiger partial charge >= 0.3 is 5.97 Å². The van der Waals surface area contributed by atoms with Crippen molar-refractivity contribution in [1.82, 2.24) is 4.57 Å². The Bertz CT molecular complexity index is 1040. The maximum atomic E-state index is 12.8. The van der Waals surface area contributed by atoms with Gasteiger partial charge in [-0.15, -0.1) is 0 Å². The summed E-state index contributed by atoms with van der Waals surface area (Å²) in [6.07, 6.45) is 8.03. The molecule has 0 unspecified atom stereocenters. The molecule has 2 heterocycles. The van der Waals surface area contributed by atoms with Crippen LogP contribution in [0.15, 0.2) is 77.8 Å². The molecule has 1 aliphatic rings. The van der Waals surface area contributed by atoms with E-state index in [2.05, 4.69) is 35.8 Å². The van der Waals surface area contributed by atoms with E-state index in [1.807, 2.05) is 48.7 Å². The molecule has 0 radical (unpaired) electrons. The SMILES string of the molecule is CCCCCCCC(=O)OC1=C(c2ccccc2)Sc2ccccc2-n2cccc21. The summed E-state index contributed by atoms with van der Waals surface area (Å²) in [4.78, 5) is 14.9. The average Bonchev–Trinajstić information content (AvgIpc) is 3.22. The van der Waals surface area contributed by atoms with Crippen LogP contribution in [0.4, 0.5) is 0 Å². The first-order valence-corrected chi connectivity index (χ1v) is 11.5. The monoisotopic (exact) mass is 417 g/mol. The molecule has 0 amide bonds. The van der Waals surface area contributed by atoms with Gasteiger partial charge in [0.15, 0.2) is 5.76 Å². The lowest BCUT2D eigenvalue weighted by molar-refractivity contribution is -0.136. The number of ether oxygens (including phenoxy) is 1. The number of hydrogen-bond acceptors (Lipinski definition) is 3. The van der Waals surface area contributed by atoms with Crippen LogP contribution in [0, 0.1) is 0 Å². The van der Waals surface area contributed by atoms with Gasteiger partial charge in [0, 0.05) is 17.5 Å². The fourth-order valence-corrected chi connectivity index (χ4v) is 4.84. The Labute approximate surface area is 182 Å². The number of nitrogens with zero attached hydrogens (tertiary/aromatic N) is 1. The smallest absolute Gasteiger partial charge is 0.311 e. The van der Waals surface area contributed by atoms with Crippen LogP contribution in [0.5, 0.6) is 0 Å². The van der Waals surface area contributed by atoms with E-state index in [1.54, 1.807) is 11.8 Å². The minimum Gasteiger partial charge on any atom is -0.423 e. The molecule has 154 valence electrons. The highest BCUT2D eigenvalue weighted by atomic mass is 32.2. The molecule has 3 nitrogen and oxygen atoms in total. The molecule has 1 aromatic heterocycles. The second-order valence-corrected chi connectivity index (χ2v) is 8.55. The number of hydrogen-bond donors (Lipinski definition) is 0. The molecule has 0 fully saturated rings. The first kappa shape index (κ1) is 20.5. The van der Waals surface area contributed by atoms with Crippen LogP contribution in [-0.2, 0) is 9.53 Å². The predicted molar refractivity (Wildman–Crippen MR) is 124 cm³/mol. The van der Waals surface area contributed by atoms with E-state index in [0.29, 0.717) is 12.2 Å². The van der Waals surface area contributed by atoms with Crippen LogP contribution in [0.25, 0.3) is 16.4 Å². The second kappa shape index (κ2) is 9.86. The number of para-hydroxylation sites is 1. The quantitative estimate of drug-likeness (QED) is 0.284. The third-order valence-corrected chi connectivity index (χ3v) is 6.45. The molecule has 2 aromatic carbocycles. The lowest BCUT2D eigenvalue weighted by Crippen LogP contribution is -2.07. The Morgan fingerprint density at radius 1 is 0.900 bits per heavy atom. The van der Waals surface area contributed by atoms with E-state index in [1.165, 1.54) is 19.3 Å². The van der Waals surface area contributed by atoms with Crippen molar-refractivity contribution in [2.75, 3.05) is 0 Å². The Morgan fingerprint density at radius 3 is 2.50 bits per heavy atom. The summed E-state index contributed by atoms with van der Waals surface area (Å²) < 4.78 is 8.17. The average molecular weight is 418 g/mol. The molecule has 30 heavy (non-hydrogen) atoms. The Kier molecular flexibility index (Phi) is 6.75. The topological polar surface area (TPSA) is 31.2 Å². The van der Waals surface area contributed by atoms with Gasteiger partial charge < -0.3 is 9.30 Å². The summed E-state index contributed by atoms with van der Waals surface area (Å²) in [6, 6.07) is 22.5. The van der Waals surface area contributed by atoms with Crippen LogP contribution < -0.4 is 0 Å². The number of carbonyl (C=O) groups is 1. The lowest BCUT2D eigenvalue weighted by Gasteiger charge is -2.14. The molecule has 0 aliphatic carbocycles. The molecule has 0 bridgehead atoms. The van der Waals surface area contributed by atoms with Crippen molar-refractivity contribution in [1.29, 1.82) is 0 Å². The van der Waals surface area contributed by atoms with Gasteiger partial charge in [-0.2, -0.15) is 0 Å². The molecule has 3 aromatic rings. The summed E-state index contributed by atoms with van der Waals surface area (Å²) in [5, 5.41) is 0. The zero-order chi connectivity index (χ0) is 20.8.